The van der Waals surface area contributed by atoms with Crippen LogP contribution in [0, 0.1) is 0 Å². The number of carbonyl (C=O) groups is 1. The SMILES string of the molecule is CC(C)n1nccc1NC(=O)[C@H](C)N1CCN(c2ncccn2)CC1. The highest BCUT2D eigenvalue weighted by molar-refractivity contribution is 5.93. The largest absolute Gasteiger partial charge is 0.338 e. The van der Waals surface area contributed by atoms with Gasteiger partial charge in [-0.15, -0.1) is 0 Å². The van der Waals surface area contributed by atoms with E-state index in [2.05, 4.69) is 30.2 Å². The summed E-state index contributed by atoms with van der Waals surface area (Å²) in [5.41, 5.74) is 0. The first kappa shape index (κ1) is 17.3. The molecule has 2 aromatic heterocycles. The molecule has 3 rings (SSSR count). The molecule has 0 aliphatic carbocycles. The van der Waals surface area contributed by atoms with E-state index in [0.717, 1.165) is 37.9 Å². The summed E-state index contributed by atoms with van der Waals surface area (Å²) in [5.74, 6) is 1.48. The summed E-state index contributed by atoms with van der Waals surface area (Å²) in [6.45, 7) is 9.25. The average molecular weight is 343 g/mol. The Balaban J connectivity index is 1.56. The van der Waals surface area contributed by atoms with Crippen molar-refractivity contribution in [3.63, 3.8) is 0 Å². The van der Waals surface area contributed by atoms with Gasteiger partial charge in [-0.2, -0.15) is 5.10 Å². The molecule has 1 aliphatic heterocycles. The van der Waals surface area contributed by atoms with Gasteiger partial charge >= 0.3 is 0 Å². The minimum Gasteiger partial charge on any atom is -0.338 e. The van der Waals surface area contributed by atoms with E-state index in [0.29, 0.717) is 0 Å². The zero-order valence-electron chi connectivity index (χ0n) is 15.0. The fourth-order valence-electron chi connectivity index (χ4n) is 2.99. The van der Waals surface area contributed by atoms with Crippen molar-refractivity contribution in [1.82, 2.24) is 24.6 Å². The monoisotopic (exact) mass is 343 g/mol. The summed E-state index contributed by atoms with van der Waals surface area (Å²) in [6.07, 6.45) is 5.21. The Morgan fingerprint density at radius 3 is 2.40 bits per heavy atom. The highest BCUT2D eigenvalue weighted by Gasteiger charge is 2.27. The van der Waals surface area contributed by atoms with Gasteiger partial charge in [0.1, 0.15) is 5.82 Å². The maximum atomic E-state index is 12.6. The number of aromatic nitrogens is 4. The first-order valence-electron chi connectivity index (χ1n) is 8.66. The van der Waals surface area contributed by atoms with Crippen molar-refractivity contribution in [3.8, 4) is 0 Å². The van der Waals surface area contributed by atoms with Crippen molar-refractivity contribution < 1.29 is 4.79 Å². The normalized spacial score (nSPS) is 16.9. The highest BCUT2D eigenvalue weighted by atomic mass is 16.2. The lowest BCUT2D eigenvalue weighted by Crippen LogP contribution is -2.53. The summed E-state index contributed by atoms with van der Waals surface area (Å²) < 4.78 is 1.81. The number of nitrogens with zero attached hydrogens (tertiary/aromatic N) is 6. The smallest absolute Gasteiger partial charge is 0.242 e. The number of rotatable bonds is 5. The Bertz CT molecular complexity index is 692. The van der Waals surface area contributed by atoms with Crippen LogP contribution in [-0.4, -0.2) is 62.8 Å². The van der Waals surface area contributed by atoms with E-state index in [-0.39, 0.29) is 18.0 Å². The Labute approximate surface area is 147 Å². The van der Waals surface area contributed by atoms with E-state index >= 15 is 0 Å². The number of anilines is 2. The van der Waals surface area contributed by atoms with Crippen LogP contribution < -0.4 is 10.2 Å². The zero-order valence-corrected chi connectivity index (χ0v) is 15.0. The predicted octanol–water partition coefficient (Wildman–Crippen LogP) is 1.40. The lowest BCUT2D eigenvalue weighted by Gasteiger charge is -2.37. The molecule has 2 aromatic rings. The third kappa shape index (κ3) is 3.96. The Kier molecular flexibility index (Phi) is 5.28. The van der Waals surface area contributed by atoms with Crippen LogP contribution in [0.4, 0.5) is 11.8 Å². The molecule has 0 spiro atoms. The molecule has 0 bridgehead atoms. The van der Waals surface area contributed by atoms with Crippen molar-refractivity contribution in [1.29, 1.82) is 0 Å². The van der Waals surface area contributed by atoms with Crippen molar-refractivity contribution in [3.05, 3.63) is 30.7 Å². The number of amides is 1. The van der Waals surface area contributed by atoms with Crippen LogP contribution in [0.25, 0.3) is 0 Å². The van der Waals surface area contributed by atoms with Gasteiger partial charge in [-0.05, 0) is 26.8 Å². The first-order chi connectivity index (χ1) is 12.1. The maximum absolute atomic E-state index is 12.6. The Hall–Kier alpha value is -2.48. The molecule has 134 valence electrons. The summed E-state index contributed by atoms with van der Waals surface area (Å²) in [6, 6.07) is 3.65. The number of nitrogens with one attached hydrogen (secondary N) is 1. The second kappa shape index (κ2) is 7.60. The van der Waals surface area contributed by atoms with Gasteiger partial charge in [-0.1, -0.05) is 0 Å². The second-order valence-corrected chi connectivity index (χ2v) is 6.49. The van der Waals surface area contributed by atoms with Crippen LogP contribution in [0.5, 0.6) is 0 Å². The predicted molar refractivity (Wildman–Crippen MR) is 96.5 cm³/mol. The molecule has 1 aliphatic rings. The van der Waals surface area contributed by atoms with Gasteiger partial charge in [0.15, 0.2) is 0 Å². The number of carbonyl (C=O) groups excluding carboxylic acids is 1. The first-order valence-corrected chi connectivity index (χ1v) is 8.66. The molecular formula is C17H25N7O. The molecular weight excluding hydrogens is 318 g/mol. The molecule has 0 unspecified atom stereocenters. The van der Waals surface area contributed by atoms with Crippen LogP contribution in [-0.2, 0) is 4.79 Å². The van der Waals surface area contributed by atoms with Crippen molar-refractivity contribution in [2.24, 2.45) is 0 Å². The van der Waals surface area contributed by atoms with Crippen LogP contribution in [0.3, 0.4) is 0 Å². The van der Waals surface area contributed by atoms with Gasteiger partial charge in [0.2, 0.25) is 11.9 Å². The summed E-state index contributed by atoms with van der Waals surface area (Å²) in [4.78, 5) is 25.5. The van der Waals surface area contributed by atoms with E-state index in [9.17, 15) is 4.79 Å². The molecule has 1 fully saturated rings. The highest BCUT2D eigenvalue weighted by Crippen LogP contribution is 2.16. The average Bonchev–Trinajstić information content (AvgIpc) is 3.10. The quantitative estimate of drug-likeness (QED) is 0.884. The van der Waals surface area contributed by atoms with E-state index in [1.54, 1.807) is 18.6 Å². The van der Waals surface area contributed by atoms with Gasteiger partial charge in [-0.3, -0.25) is 9.69 Å². The van der Waals surface area contributed by atoms with Crippen LogP contribution in [0.15, 0.2) is 30.7 Å². The van der Waals surface area contributed by atoms with E-state index in [1.807, 2.05) is 37.6 Å². The molecule has 1 saturated heterocycles. The summed E-state index contributed by atoms with van der Waals surface area (Å²) in [7, 11) is 0. The number of hydrogen-bond acceptors (Lipinski definition) is 6. The van der Waals surface area contributed by atoms with Gasteiger partial charge in [-0.25, -0.2) is 14.6 Å². The van der Waals surface area contributed by atoms with Gasteiger partial charge in [0.05, 0.1) is 12.2 Å². The second-order valence-electron chi connectivity index (χ2n) is 6.49. The lowest BCUT2D eigenvalue weighted by molar-refractivity contribution is -0.120. The van der Waals surface area contributed by atoms with Gasteiger partial charge < -0.3 is 10.2 Å². The van der Waals surface area contributed by atoms with E-state index in [1.165, 1.54) is 0 Å². The molecule has 0 saturated carbocycles. The maximum Gasteiger partial charge on any atom is 0.242 e. The molecule has 1 amide bonds. The fourth-order valence-corrected chi connectivity index (χ4v) is 2.99. The van der Waals surface area contributed by atoms with Gasteiger partial charge in [0.25, 0.3) is 0 Å². The molecule has 3 heterocycles. The molecule has 1 N–H and O–H groups in total. The minimum atomic E-state index is -0.200. The van der Waals surface area contributed by atoms with Crippen LogP contribution >= 0.6 is 0 Å². The van der Waals surface area contributed by atoms with Gasteiger partial charge in [0, 0.05) is 50.7 Å². The third-order valence-electron chi connectivity index (χ3n) is 4.49. The Morgan fingerprint density at radius 2 is 1.76 bits per heavy atom. The fraction of sp³-hybridized carbons (Fsp3) is 0.529. The van der Waals surface area contributed by atoms with Crippen molar-refractivity contribution >= 4 is 17.7 Å². The number of piperazine rings is 1. The van der Waals surface area contributed by atoms with Crippen LogP contribution in [0.1, 0.15) is 26.8 Å². The lowest BCUT2D eigenvalue weighted by atomic mass is 10.2. The molecule has 0 radical (unpaired) electrons. The standard InChI is InChI=1S/C17H25N7O/c1-13(2)24-15(5-8-20-24)21-16(25)14(3)22-9-11-23(12-10-22)17-18-6-4-7-19-17/h4-8,13-14H,9-12H2,1-3H3,(H,21,25)/t14-/m0/s1. The minimum absolute atomic E-state index is 0.00758. The van der Waals surface area contributed by atoms with Crippen molar-refractivity contribution in [2.75, 3.05) is 36.4 Å². The summed E-state index contributed by atoms with van der Waals surface area (Å²) >= 11 is 0. The zero-order chi connectivity index (χ0) is 17.8. The molecule has 1 atom stereocenters. The molecule has 8 heteroatoms. The van der Waals surface area contributed by atoms with E-state index < -0.39 is 0 Å². The molecule has 8 nitrogen and oxygen atoms in total. The van der Waals surface area contributed by atoms with E-state index in [4.69, 9.17) is 0 Å². The summed E-state index contributed by atoms with van der Waals surface area (Å²) in [5, 5.41) is 7.25. The molecule has 0 aromatic carbocycles. The Morgan fingerprint density at radius 1 is 1.08 bits per heavy atom. The third-order valence-corrected chi connectivity index (χ3v) is 4.49. The topological polar surface area (TPSA) is 79.2 Å². The van der Waals surface area contributed by atoms with Crippen LogP contribution in [0.2, 0.25) is 0 Å². The number of hydrogen-bond donors (Lipinski definition) is 1. The molecule has 25 heavy (non-hydrogen) atoms. The van der Waals surface area contributed by atoms with Crippen molar-refractivity contribution in [2.45, 2.75) is 32.9 Å².